The molecule has 0 aliphatic heterocycles. The molecule has 0 spiro atoms. The Bertz CT molecular complexity index is 539. The van der Waals surface area contributed by atoms with Gasteiger partial charge in [-0.1, -0.05) is 6.07 Å². The van der Waals surface area contributed by atoms with Crippen molar-refractivity contribution in [2.45, 2.75) is 13.1 Å². The predicted molar refractivity (Wildman–Crippen MR) is 71.4 cm³/mol. The molecule has 2 aromatic rings. The van der Waals surface area contributed by atoms with E-state index in [0.29, 0.717) is 13.1 Å². The number of hydrogen-bond donors (Lipinski definition) is 1. The second-order valence-electron chi connectivity index (χ2n) is 4.09. The van der Waals surface area contributed by atoms with E-state index in [4.69, 9.17) is 9.47 Å². The Labute approximate surface area is 112 Å². The van der Waals surface area contributed by atoms with Crippen LogP contribution in [0, 0.1) is 0 Å². The fraction of sp³-hybridized carbons (Fsp3) is 0.385. The zero-order chi connectivity index (χ0) is 13.7. The third-order valence-corrected chi connectivity index (χ3v) is 2.83. The van der Waals surface area contributed by atoms with Crippen molar-refractivity contribution in [3.8, 4) is 11.5 Å². The number of nitrogens with zero attached hydrogens (tertiary/aromatic N) is 3. The van der Waals surface area contributed by atoms with Gasteiger partial charge in [0, 0.05) is 0 Å². The summed E-state index contributed by atoms with van der Waals surface area (Å²) in [6, 6.07) is 5.86. The smallest absolute Gasteiger partial charge is 0.161 e. The quantitative estimate of drug-likeness (QED) is 0.843. The van der Waals surface area contributed by atoms with Gasteiger partial charge in [-0.25, -0.2) is 0 Å². The van der Waals surface area contributed by atoms with Crippen LogP contribution in [0.25, 0.3) is 0 Å². The highest BCUT2D eigenvalue weighted by atomic mass is 16.5. The third kappa shape index (κ3) is 3.03. The van der Waals surface area contributed by atoms with Crippen LogP contribution in [-0.4, -0.2) is 36.0 Å². The van der Waals surface area contributed by atoms with Gasteiger partial charge in [0.05, 0.1) is 27.3 Å². The molecule has 0 aliphatic carbocycles. The molecule has 0 fully saturated rings. The Hall–Kier alpha value is -2.08. The van der Waals surface area contributed by atoms with E-state index in [9.17, 15) is 0 Å². The van der Waals surface area contributed by atoms with Crippen molar-refractivity contribution in [3.05, 3.63) is 35.9 Å². The molecule has 1 N–H and O–H groups in total. The molecule has 0 amide bonds. The monoisotopic (exact) mass is 262 g/mol. The van der Waals surface area contributed by atoms with Gasteiger partial charge in [0.1, 0.15) is 12.2 Å². The number of methoxy groups -OCH3 is 2. The molecule has 1 aromatic heterocycles. The molecule has 0 atom stereocenters. The molecule has 0 saturated carbocycles. The van der Waals surface area contributed by atoms with Gasteiger partial charge >= 0.3 is 0 Å². The Morgan fingerprint density at radius 3 is 2.68 bits per heavy atom. The summed E-state index contributed by atoms with van der Waals surface area (Å²) in [5.74, 6) is 2.35. The molecule has 0 saturated heterocycles. The maximum atomic E-state index is 5.30. The minimum absolute atomic E-state index is 0.688. The number of aromatic nitrogens is 3. The predicted octanol–water partition coefficient (Wildman–Crippen LogP) is 1.06. The normalized spacial score (nSPS) is 10.5. The average Bonchev–Trinajstić information content (AvgIpc) is 2.86. The lowest BCUT2D eigenvalue weighted by Gasteiger charge is -2.11. The largest absolute Gasteiger partial charge is 0.493 e. The third-order valence-electron chi connectivity index (χ3n) is 2.83. The highest BCUT2D eigenvalue weighted by Gasteiger charge is 2.07. The van der Waals surface area contributed by atoms with Crippen molar-refractivity contribution in [2.75, 3.05) is 21.3 Å². The molecule has 1 aromatic carbocycles. The lowest BCUT2D eigenvalue weighted by atomic mass is 10.2. The minimum Gasteiger partial charge on any atom is -0.493 e. The molecule has 6 heteroatoms. The number of rotatable bonds is 6. The fourth-order valence-corrected chi connectivity index (χ4v) is 1.88. The fourth-order valence-electron chi connectivity index (χ4n) is 1.88. The van der Waals surface area contributed by atoms with Crippen LogP contribution in [0.5, 0.6) is 11.5 Å². The first-order chi connectivity index (χ1) is 9.28. The zero-order valence-corrected chi connectivity index (χ0v) is 11.4. The zero-order valence-electron chi connectivity index (χ0n) is 11.4. The lowest BCUT2D eigenvalue weighted by molar-refractivity contribution is 0.354. The van der Waals surface area contributed by atoms with Gasteiger partial charge in [0.25, 0.3) is 0 Å². The van der Waals surface area contributed by atoms with Crippen LogP contribution in [-0.2, 0) is 13.1 Å². The summed E-state index contributed by atoms with van der Waals surface area (Å²) in [5.41, 5.74) is 1.11. The van der Waals surface area contributed by atoms with Crippen molar-refractivity contribution in [2.24, 2.45) is 0 Å². The molecular weight excluding hydrogens is 244 g/mol. The number of hydrogen-bond acceptors (Lipinski definition) is 5. The van der Waals surface area contributed by atoms with Crippen LogP contribution in [0.3, 0.4) is 0 Å². The summed E-state index contributed by atoms with van der Waals surface area (Å²) >= 11 is 0. The van der Waals surface area contributed by atoms with Gasteiger partial charge in [-0.2, -0.15) is 0 Å². The Morgan fingerprint density at radius 2 is 2.00 bits per heavy atom. The standard InChI is InChI=1S/C13H18N4O2/c1-14-7-13-16-15-9-17(13)8-10-4-5-11(18-2)12(6-10)19-3/h4-6,9,14H,7-8H2,1-3H3. The SMILES string of the molecule is CNCc1nncn1Cc1ccc(OC)c(OC)c1. The van der Waals surface area contributed by atoms with Gasteiger partial charge in [0.15, 0.2) is 11.5 Å². The van der Waals surface area contributed by atoms with E-state index >= 15 is 0 Å². The first-order valence-corrected chi connectivity index (χ1v) is 6.00. The van der Waals surface area contributed by atoms with E-state index in [1.807, 2.05) is 29.8 Å². The van der Waals surface area contributed by atoms with Gasteiger partial charge in [0.2, 0.25) is 0 Å². The van der Waals surface area contributed by atoms with Crippen LogP contribution in [0.15, 0.2) is 24.5 Å². The first kappa shape index (κ1) is 13.4. The summed E-state index contributed by atoms with van der Waals surface area (Å²) in [6.07, 6.45) is 1.73. The molecule has 6 nitrogen and oxygen atoms in total. The molecule has 0 aliphatic rings. The van der Waals surface area contributed by atoms with Gasteiger partial charge in [-0.3, -0.25) is 0 Å². The Balaban J connectivity index is 2.21. The average molecular weight is 262 g/mol. The molecule has 1 heterocycles. The van der Waals surface area contributed by atoms with E-state index in [-0.39, 0.29) is 0 Å². The minimum atomic E-state index is 0.688. The molecule has 0 bridgehead atoms. The molecule has 0 radical (unpaired) electrons. The second kappa shape index (κ2) is 6.19. The summed E-state index contributed by atoms with van der Waals surface area (Å²) in [5, 5.41) is 11.1. The van der Waals surface area contributed by atoms with E-state index in [2.05, 4.69) is 15.5 Å². The second-order valence-corrected chi connectivity index (χ2v) is 4.09. The molecule has 102 valence electrons. The molecular formula is C13H18N4O2. The maximum Gasteiger partial charge on any atom is 0.161 e. The summed E-state index contributed by atoms with van der Waals surface area (Å²) < 4.78 is 12.5. The Kier molecular flexibility index (Phi) is 4.35. The number of ether oxygens (including phenoxy) is 2. The van der Waals surface area contributed by atoms with Crippen LogP contribution in [0.1, 0.15) is 11.4 Å². The Morgan fingerprint density at radius 1 is 1.21 bits per heavy atom. The van der Waals surface area contributed by atoms with Crippen molar-refractivity contribution in [1.82, 2.24) is 20.1 Å². The van der Waals surface area contributed by atoms with Crippen molar-refractivity contribution < 1.29 is 9.47 Å². The van der Waals surface area contributed by atoms with E-state index in [1.54, 1.807) is 20.5 Å². The van der Waals surface area contributed by atoms with Crippen LogP contribution in [0.4, 0.5) is 0 Å². The topological polar surface area (TPSA) is 61.2 Å². The van der Waals surface area contributed by atoms with Crippen LogP contribution in [0.2, 0.25) is 0 Å². The highest BCUT2D eigenvalue weighted by Crippen LogP contribution is 2.27. The molecule has 2 rings (SSSR count). The molecule has 19 heavy (non-hydrogen) atoms. The van der Waals surface area contributed by atoms with Crippen molar-refractivity contribution >= 4 is 0 Å². The van der Waals surface area contributed by atoms with Gasteiger partial charge < -0.3 is 19.4 Å². The van der Waals surface area contributed by atoms with E-state index in [0.717, 1.165) is 22.9 Å². The lowest BCUT2D eigenvalue weighted by Crippen LogP contribution is -2.12. The van der Waals surface area contributed by atoms with Gasteiger partial charge in [-0.05, 0) is 24.7 Å². The van der Waals surface area contributed by atoms with Gasteiger partial charge in [-0.15, -0.1) is 10.2 Å². The van der Waals surface area contributed by atoms with Crippen molar-refractivity contribution in [3.63, 3.8) is 0 Å². The molecule has 0 unspecified atom stereocenters. The van der Waals surface area contributed by atoms with E-state index in [1.165, 1.54) is 0 Å². The van der Waals surface area contributed by atoms with Crippen LogP contribution >= 0.6 is 0 Å². The first-order valence-electron chi connectivity index (χ1n) is 6.00. The van der Waals surface area contributed by atoms with Crippen LogP contribution < -0.4 is 14.8 Å². The summed E-state index contributed by atoms with van der Waals surface area (Å²) in [7, 11) is 5.14. The number of benzene rings is 1. The maximum absolute atomic E-state index is 5.30. The highest BCUT2D eigenvalue weighted by molar-refractivity contribution is 5.42. The summed E-state index contributed by atoms with van der Waals surface area (Å²) in [4.78, 5) is 0. The van der Waals surface area contributed by atoms with Crippen molar-refractivity contribution in [1.29, 1.82) is 0 Å². The summed E-state index contributed by atoms with van der Waals surface area (Å²) in [6.45, 7) is 1.39. The van der Waals surface area contributed by atoms with E-state index < -0.39 is 0 Å². The number of nitrogens with one attached hydrogen (secondary N) is 1.